The van der Waals surface area contributed by atoms with Crippen LogP contribution in [0.3, 0.4) is 0 Å². The van der Waals surface area contributed by atoms with Crippen molar-refractivity contribution in [2.75, 3.05) is 40.3 Å². The molecular formula is C17H37N3. The second-order valence-corrected chi connectivity index (χ2v) is 7.55. The summed E-state index contributed by atoms with van der Waals surface area (Å²) in [5.74, 6) is 0. The van der Waals surface area contributed by atoms with Gasteiger partial charge in [0, 0.05) is 25.2 Å². The highest BCUT2D eigenvalue weighted by molar-refractivity contribution is 4.85. The number of likely N-dealkylation sites (tertiary alicyclic amines) is 1. The minimum atomic E-state index is 0.400. The Bertz CT molecular complexity index is 259. The van der Waals surface area contributed by atoms with E-state index in [2.05, 4.69) is 56.9 Å². The van der Waals surface area contributed by atoms with Gasteiger partial charge in [-0.15, -0.1) is 0 Å². The molecule has 1 N–H and O–H groups in total. The van der Waals surface area contributed by atoms with E-state index >= 15 is 0 Å². The van der Waals surface area contributed by atoms with E-state index in [0.717, 1.165) is 12.6 Å². The van der Waals surface area contributed by atoms with Crippen LogP contribution < -0.4 is 5.32 Å². The molecule has 0 aliphatic carbocycles. The van der Waals surface area contributed by atoms with Crippen LogP contribution in [0.2, 0.25) is 0 Å². The lowest BCUT2D eigenvalue weighted by Crippen LogP contribution is -2.48. The van der Waals surface area contributed by atoms with Crippen LogP contribution >= 0.6 is 0 Å². The Balaban J connectivity index is 2.50. The zero-order valence-corrected chi connectivity index (χ0v) is 14.7. The van der Waals surface area contributed by atoms with Crippen LogP contribution in [0.4, 0.5) is 0 Å². The fraction of sp³-hybridized carbons (Fsp3) is 1.00. The Hall–Kier alpha value is -0.120. The first-order valence-corrected chi connectivity index (χ1v) is 8.48. The van der Waals surface area contributed by atoms with Gasteiger partial charge in [-0.1, -0.05) is 34.1 Å². The molecule has 0 radical (unpaired) electrons. The quantitative estimate of drug-likeness (QED) is 0.739. The summed E-state index contributed by atoms with van der Waals surface area (Å²) in [4.78, 5) is 5.08. The van der Waals surface area contributed by atoms with Crippen molar-refractivity contribution in [2.45, 2.75) is 65.5 Å². The van der Waals surface area contributed by atoms with E-state index in [1.807, 2.05) is 0 Å². The minimum Gasteiger partial charge on any atom is -0.314 e. The third kappa shape index (κ3) is 6.11. The van der Waals surface area contributed by atoms with Crippen molar-refractivity contribution in [1.82, 2.24) is 15.1 Å². The van der Waals surface area contributed by atoms with E-state index in [0.29, 0.717) is 11.5 Å². The largest absolute Gasteiger partial charge is 0.314 e. The third-order valence-corrected chi connectivity index (χ3v) is 4.73. The molecule has 1 unspecified atom stereocenters. The summed E-state index contributed by atoms with van der Waals surface area (Å²) in [6.45, 7) is 14.1. The summed E-state index contributed by atoms with van der Waals surface area (Å²) in [6, 6.07) is 1.36. The zero-order chi connectivity index (χ0) is 15.2. The molecule has 0 aromatic rings. The van der Waals surface area contributed by atoms with Gasteiger partial charge in [0.25, 0.3) is 0 Å². The van der Waals surface area contributed by atoms with E-state index in [4.69, 9.17) is 0 Å². The monoisotopic (exact) mass is 283 g/mol. The highest BCUT2D eigenvalue weighted by Crippen LogP contribution is 2.26. The highest BCUT2D eigenvalue weighted by Gasteiger charge is 2.29. The van der Waals surface area contributed by atoms with Crippen molar-refractivity contribution in [3.8, 4) is 0 Å². The van der Waals surface area contributed by atoms with Gasteiger partial charge in [-0.25, -0.2) is 0 Å². The van der Waals surface area contributed by atoms with Gasteiger partial charge in [-0.3, -0.25) is 0 Å². The van der Waals surface area contributed by atoms with Crippen molar-refractivity contribution < 1.29 is 0 Å². The van der Waals surface area contributed by atoms with Crippen molar-refractivity contribution >= 4 is 0 Å². The van der Waals surface area contributed by atoms with Crippen molar-refractivity contribution in [2.24, 2.45) is 5.41 Å². The van der Waals surface area contributed by atoms with Gasteiger partial charge < -0.3 is 15.1 Å². The average molecular weight is 284 g/mol. The number of nitrogens with zero attached hydrogens (tertiary/aromatic N) is 2. The van der Waals surface area contributed by atoms with E-state index in [1.54, 1.807) is 0 Å². The maximum atomic E-state index is 3.65. The fourth-order valence-electron chi connectivity index (χ4n) is 3.44. The molecule has 1 saturated heterocycles. The topological polar surface area (TPSA) is 18.5 Å². The smallest absolute Gasteiger partial charge is 0.0117 e. The lowest BCUT2D eigenvalue weighted by Gasteiger charge is -2.41. The Labute approximate surface area is 127 Å². The van der Waals surface area contributed by atoms with E-state index in [-0.39, 0.29) is 0 Å². The first-order chi connectivity index (χ1) is 9.36. The predicted molar refractivity (Wildman–Crippen MR) is 89.3 cm³/mol. The third-order valence-electron chi connectivity index (χ3n) is 4.73. The summed E-state index contributed by atoms with van der Waals surface area (Å²) in [7, 11) is 4.57. The zero-order valence-electron chi connectivity index (χ0n) is 14.7. The first kappa shape index (κ1) is 17.9. The summed E-state index contributed by atoms with van der Waals surface area (Å²) < 4.78 is 0. The molecule has 3 heteroatoms. The van der Waals surface area contributed by atoms with Crippen molar-refractivity contribution in [3.63, 3.8) is 0 Å². The maximum Gasteiger partial charge on any atom is 0.0117 e. The molecule has 1 atom stereocenters. The molecule has 1 fully saturated rings. The summed E-state index contributed by atoms with van der Waals surface area (Å²) in [5, 5.41) is 3.65. The normalized spacial score (nSPS) is 21.6. The Morgan fingerprint density at radius 2 is 1.90 bits per heavy atom. The Morgan fingerprint density at radius 1 is 1.30 bits per heavy atom. The molecule has 3 nitrogen and oxygen atoms in total. The van der Waals surface area contributed by atoms with Gasteiger partial charge >= 0.3 is 0 Å². The second kappa shape index (κ2) is 8.35. The molecule has 1 heterocycles. The molecule has 20 heavy (non-hydrogen) atoms. The van der Waals surface area contributed by atoms with Crippen LogP contribution in [0.1, 0.15) is 53.4 Å². The van der Waals surface area contributed by atoms with E-state index in [1.165, 1.54) is 45.3 Å². The number of hydrogen-bond donors (Lipinski definition) is 1. The van der Waals surface area contributed by atoms with Gasteiger partial charge in [-0.05, 0) is 51.9 Å². The van der Waals surface area contributed by atoms with Crippen LogP contribution in [0, 0.1) is 5.41 Å². The summed E-state index contributed by atoms with van der Waals surface area (Å²) >= 11 is 0. The molecule has 0 spiro atoms. The molecule has 120 valence electrons. The fourth-order valence-corrected chi connectivity index (χ4v) is 3.44. The second-order valence-electron chi connectivity index (χ2n) is 7.55. The van der Waals surface area contributed by atoms with Crippen molar-refractivity contribution in [3.05, 3.63) is 0 Å². The Morgan fingerprint density at radius 3 is 2.40 bits per heavy atom. The summed E-state index contributed by atoms with van der Waals surface area (Å²) in [6.07, 6.45) is 5.24. The van der Waals surface area contributed by atoms with Crippen LogP contribution in [0.15, 0.2) is 0 Å². The Kier molecular flexibility index (Phi) is 7.49. The average Bonchev–Trinajstić information content (AvgIpc) is 2.37. The predicted octanol–water partition coefficient (Wildman–Crippen LogP) is 2.82. The van der Waals surface area contributed by atoms with E-state index in [9.17, 15) is 0 Å². The molecule has 0 bridgehead atoms. The molecule has 1 aliphatic rings. The summed E-state index contributed by atoms with van der Waals surface area (Å²) in [5.41, 5.74) is 0.400. The number of hydrogen-bond acceptors (Lipinski definition) is 3. The minimum absolute atomic E-state index is 0.400. The van der Waals surface area contributed by atoms with Gasteiger partial charge in [-0.2, -0.15) is 0 Å². The van der Waals surface area contributed by atoms with Gasteiger partial charge in [0.05, 0.1) is 0 Å². The first-order valence-electron chi connectivity index (χ1n) is 8.48. The van der Waals surface area contributed by atoms with Crippen LogP contribution in [0.5, 0.6) is 0 Å². The molecule has 0 aromatic carbocycles. The van der Waals surface area contributed by atoms with Gasteiger partial charge in [0.15, 0.2) is 0 Å². The molecule has 0 aromatic heterocycles. The molecule has 0 amide bonds. The number of piperidine rings is 1. The lowest BCUT2D eigenvalue weighted by molar-refractivity contribution is 0.0932. The van der Waals surface area contributed by atoms with Crippen LogP contribution in [-0.4, -0.2) is 62.2 Å². The van der Waals surface area contributed by atoms with Gasteiger partial charge in [0.2, 0.25) is 0 Å². The maximum absolute atomic E-state index is 3.65. The molecule has 1 aliphatic heterocycles. The van der Waals surface area contributed by atoms with Crippen LogP contribution in [-0.2, 0) is 0 Å². The lowest BCUT2D eigenvalue weighted by atomic mass is 9.84. The molecule has 0 saturated carbocycles. The van der Waals surface area contributed by atoms with Crippen LogP contribution in [0.25, 0.3) is 0 Å². The SMILES string of the molecule is CCCC(C)(CNC(C)C)CN(C)C1CCN(C)CC1. The van der Waals surface area contributed by atoms with E-state index < -0.39 is 0 Å². The highest BCUT2D eigenvalue weighted by atomic mass is 15.2. The van der Waals surface area contributed by atoms with Crippen molar-refractivity contribution in [1.29, 1.82) is 0 Å². The van der Waals surface area contributed by atoms with Gasteiger partial charge in [0.1, 0.15) is 0 Å². The number of rotatable bonds is 8. The molecular weight excluding hydrogens is 246 g/mol. The standard InChI is InChI=1S/C17H37N3/c1-7-10-17(4,13-18-15(2)3)14-20(6)16-8-11-19(5)12-9-16/h15-16,18H,7-14H2,1-6H3. The number of nitrogens with one attached hydrogen (secondary N) is 1. The molecule has 1 rings (SSSR count).